The Labute approximate surface area is 91.6 Å². The van der Waals surface area contributed by atoms with Gasteiger partial charge in [-0.25, -0.2) is 0 Å². The first-order valence-electron chi connectivity index (χ1n) is 4.04. The van der Waals surface area contributed by atoms with E-state index in [-0.39, 0.29) is 0 Å². The summed E-state index contributed by atoms with van der Waals surface area (Å²) in [5, 5.41) is 3.69. The smallest absolute Gasteiger partial charge is 0.293 e. The van der Waals surface area contributed by atoms with Gasteiger partial charge in [0.2, 0.25) is 0 Å². The van der Waals surface area contributed by atoms with Gasteiger partial charge in [0.25, 0.3) is 0 Å². The van der Waals surface area contributed by atoms with Gasteiger partial charge in [0.05, 0.1) is 0 Å². The van der Waals surface area contributed by atoms with Crippen LogP contribution in [0, 0.1) is 20.1 Å². The van der Waals surface area contributed by atoms with Crippen molar-refractivity contribution in [2.45, 2.75) is 36.6 Å². The topological polar surface area (TPSA) is 0 Å². The molecular formula is C6H17Al2Cl3. The number of hydrogen-bond acceptors (Lipinski definition) is 0. The van der Waals surface area contributed by atoms with Gasteiger partial charge in [-0.2, -0.15) is 20.1 Å². The molecule has 0 fully saturated rings. The normalized spacial score (nSPS) is 10.4. The van der Waals surface area contributed by atoms with Crippen LogP contribution in [0.15, 0.2) is 0 Å². The Morgan fingerprint density at radius 1 is 1.18 bits per heavy atom. The second-order valence-corrected chi connectivity index (χ2v) is 16.3. The summed E-state index contributed by atoms with van der Waals surface area (Å²) in [4.78, 5) is 0. The maximum atomic E-state index is 5.51. The van der Waals surface area contributed by atoms with E-state index in [4.69, 9.17) is 30.1 Å². The standard InChI is InChI=1S/3C2H5.2Al.3ClH/c3*1-2;;;;;/h3*1H2,2H3;;;3*1H/q;;;-1;+2;;;/p-1. The SMILES string of the molecule is C[CH2][Al-]([Cl])([ClH+])[ClH+].C[CH2][Al-][CH2]C. The second-order valence-electron chi connectivity index (χ2n) is 2.28. The maximum Gasteiger partial charge on any atom is 1.02 e. The third-order valence-electron chi connectivity index (χ3n) is 1.06. The van der Waals surface area contributed by atoms with Gasteiger partial charge < -0.3 is 0 Å². The van der Waals surface area contributed by atoms with Gasteiger partial charge in [0.15, 0.2) is 0 Å². The zero-order valence-electron chi connectivity index (χ0n) is 7.47. The molecule has 0 aliphatic rings. The van der Waals surface area contributed by atoms with Crippen LogP contribution in [0.1, 0.15) is 20.8 Å². The van der Waals surface area contributed by atoms with E-state index < -0.39 is 10.3 Å². The van der Waals surface area contributed by atoms with Gasteiger partial charge >= 0.3 is 10.3 Å². The lowest BCUT2D eigenvalue weighted by Crippen LogP contribution is -2.17. The van der Waals surface area contributed by atoms with Crippen molar-refractivity contribution in [2.75, 3.05) is 0 Å². The predicted molar refractivity (Wildman–Crippen MR) is 51.6 cm³/mol. The molecule has 0 saturated heterocycles. The Balaban J connectivity index is 0. The highest BCUT2D eigenvalue weighted by Gasteiger charge is 2.55. The molecule has 0 aliphatic carbocycles. The minimum Gasteiger partial charge on any atom is -0.293 e. The van der Waals surface area contributed by atoms with E-state index in [0.717, 1.165) is 20.5 Å². The average molecular weight is 250 g/mol. The molecule has 0 nitrogen and oxygen atoms in total. The van der Waals surface area contributed by atoms with Crippen molar-refractivity contribution < 1.29 is 20.1 Å². The van der Waals surface area contributed by atoms with Gasteiger partial charge in [-0.1, -0.05) is 12.2 Å². The molecule has 0 amide bonds. The van der Waals surface area contributed by atoms with Crippen LogP contribution in [-0.4, -0.2) is 25.5 Å². The highest BCUT2D eigenvalue weighted by atomic mass is 35.8. The van der Waals surface area contributed by atoms with Crippen LogP contribution < -0.4 is 0 Å². The Morgan fingerprint density at radius 3 is 1.45 bits per heavy atom. The van der Waals surface area contributed by atoms with Gasteiger partial charge in [0, 0.05) is 0 Å². The Bertz CT molecular complexity index is 70.7. The highest BCUT2D eigenvalue weighted by Crippen LogP contribution is 2.07. The Kier molecular flexibility index (Phi) is 14.0. The first-order valence-corrected chi connectivity index (χ1v) is 12.0. The summed E-state index contributed by atoms with van der Waals surface area (Å²) < 4.78 is 0. The van der Waals surface area contributed by atoms with Crippen LogP contribution in [0.2, 0.25) is 15.8 Å². The van der Waals surface area contributed by atoms with Crippen molar-refractivity contribution in [3.8, 4) is 0 Å². The van der Waals surface area contributed by atoms with Gasteiger partial charge in [-0.15, -0.1) is 13.8 Å². The van der Waals surface area contributed by atoms with E-state index in [9.17, 15) is 0 Å². The third kappa shape index (κ3) is 24.5. The Morgan fingerprint density at radius 2 is 1.45 bits per heavy atom. The van der Waals surface area contributed by atoms with Crippen LogP contribution in [0.4, 0.5) is 0 Å². The van der Waals surface area contributed by atoms with Crippen molar-refractivity contribution in [1.29, 1.82) is 0 Å². The molecule has 0 heterocycles. The number of halogens is 3. The average Bonchev–Trinajstić information content (AvgIpc) is 1.90. The molecule has 0 bridgehead atoms. The number of hydrogen-bond donors (Lipinski definition) is 0. The van der Waals surface area contributed by atoms with Gasteiger partial charge in [-0.05, 0) is 0 Å². The fraction of sp³-hybridized carbons (Fsp3) is 1.00. The molecule has 5 heteroatoms. The first kappa shape index (κ1) is 15.4. The summed E-state index contributed by atoms with van der Waals surface area (Å²) in [5.41, 5.74) is 0. The molecule has 0 aliphatic heterocycles. The van der Waals surface area contributed by atoms with Crippen LogP contribution in [0.5, 0.6) is 0 Å². The zero-order valence-corrected chi connectivity index (χ0v) is 12.2. The van der Waals surface area contributed by atoms with E-state index >= 15 is 0 Å². The van der Waals surface area contributed by atoms with E-state index in [0.29, 0.717) is 0 Å². The van der Waals surface area contributed by atoms with Crippen LogP contribution >= 0.6 is 10.0 Å². The molecule has 0 rings (SSSR count). The molecule has 11 heavy (non-hydrogen) atoms. The summed E-state index contributed by atoms with van der Waals surface area (Å²) in [6.07, 6.45) is 0. The summed E-state index contributed by atoms with van der Waals surface area (Å²) in [7, 11) is 12.8. The van der Waals surface area contributed by atoms with Gasteiger partial charge in [-0.3, -0.25) is 35.8 Å². The van der Waals surface area contributed by atoms with Crippen molar-refractivity contribution in [2.24, 2.45) is 0 Å². The molecule has 0 atom stereocenters. The van der Waals surface area contributed by atoms with Crippen LogP contribution in [0.25, 0.3) is 0 Å². The molecule has 0 unspecified atom stereocenters. The predicted octanol–water partition coefficient (Wildman–Crippen LogP) is 2.31. The van der Waals surface area contributed by atoms with Crippen molar-refractivity contribution >= 4 is 35.6 Å². The fourth-order valence-corrected chi connectivity index (χ4v) is 0.866. The lowest BCUT2D eigenvalue weighted by Gasteiger charge is -1.97. The van der Waals surface area contributed by atoms with E-state index in [1.165, 1.54) is 10.6 Å². The van der Waals surface area contributed by atoms with E-state index in [1.807, 2.05) is 6.92 Å². The lowest BCUT2D eigenvalue weighted by molar-refractivity contribution is -0.357. The molecule has 2 radical (unpaired) electrons. The van der Waals surface area contributed by atoms with Gasteiger partial charge in [0.1, 0.15) is 0 Å². The summed E-state index contributed by atoms with van der Waals surface area (Å²) in [6.45, 7) is 6.44. The first-order chi connectivity index (χ1) is 4.97. The van der Waals surface area contributed by atoms with Crippen molar-refractivity contribution in [3.05, 3.63) is 0 Å². The van der Waals surface area contributed by atoms with Crippen molar-refractivity contribution in [1.82, 2.24) is 0 Å². The lowest BCUT2D eigenvalue weighted by atomic mass is 10.9. The van der Waals surface area contributed by atoms with Crippen LogP contribution in [0.3, 0.4) is 0 Å². The van der Waals surface area contributed by atoms with E-state index in [2.05, 4.69) is 13.8 Å². The fourth-order valence-electron chi connectivity index (χ4n) is 0.289. The molecule has 68 valence electrons. The maximum absolute atomic E-state index is 5.51. The van der Waals surface area contributed by atoms with Crippen molar-refractivity contribution in [3.63, 3.8) is 0 Å². The minimum absolute atomic E-state index is 0.815. The summed E-state index contributed by atoms with van der Waals surface area (Å²) in [5.74, 6) is 0. The largest absolute Gasteiger partial charge is 1.02 e. The Hall–Kier alpha value is 1.93. The molecular weight excluding hydrogens is 232 g/mol. The molecule has 0 aromatic heterocycles. The summed E-state index contributed by atoms with van der Waals surface area (Å²) >= 11 is 0.815. The van der Waals surface area contributed by atoms with Crippen LogP contribution in [-0.2, 0) is 0 Å². The second kappa shape index (κ2) is 10.0. The minimum atomic E-state index is -2.23. The third-order valence-corrected chi connectivity index (χ3v) is 6.12. The number of rotatable bonds is 3. The molecule has 0 aromatic rings. The highest BCUT2D eigenvalue weighted by molar-refractivity contribution is 7.09. The quantitative estimate of drug-likeness (QED) is 0.674. The molecule has 0 saturated carbocycles. The zero-order chi connectivity index (χ0) is 9.33. The monoisotopic (exact) mass is 248 g/mol. The molecule has 0 spiro atoms. The van der Waals surface area contributed by atoms with E-state index in [1.54, 1.807) is 0 Å². The summed E-state index contributed by atoms with van der Waals surface area (Å²) in [6, 6.07) is 0. The molecule has 0 aromatic carbocycles. The molecule has 0 N–H and O–H groups in total.